The molecule has 0 saturated carbocycles. The van der Waals surface area contributed by atoms with E-state index < -0.39 is 21.7 Å². The summed E-state index contributed by atoms with van der Waals surface area (Å²) in [6.07, 6.45) is 2.37. The largest absolute Gasteiger partial charge is 0.374 e. The Bertz CT molecular complexity index is 1110. The number of hydrogen-bond acceptors (Lipinski definition) is 8. The van der Waals surface area contributed by atoms with Gasteiger partial charge in [0.05, 0.1) is 5.75 Å². The molecule has 1 aromatic carbocycles. The second-order valence-corrected chi connectivity index (χ2v) is 11.9. The van der Waals surface area contributed by atoms with Crippen molar-refractivity contribution < 1.29 is 17.6 Å². The molecule has 4 rings (SSSR count). The predicted molar refractivity (Wildman–Crippen MR) is 127 cm³/mol. The first-order valence-electron chi connectivity index (χ1n) is 11.4. The van der Waals surface area contributed by atoms with E-state index >= 15 is 0 Å². The summed E-state index contributed by atoms with van der Waals surface area (Å²) in [5.74, 6) is 0.229. The van der Waals surface area contributed by atoms with Crippen molar-refractivity contribution in [3.8, 4) is 0 Å². The number of aromatic nitrogens is 2. The molecule has 1 atom stereocenters. The van der Waals surface area contributed by atoms with Crippen LogP contribution in [0.3, 0.4) is 0 Å². The Morgan fingerprint density at radius 3 is 2.55 bits per heavy atom. The fourth-order valence-corrected chi connectivity index (χ4v) is 6.16. The van der Waals surface area contributed by atoms with E-state index in [0.29, 0.717) is 24.6 Å². The maximum atomic E-state index is 14.4. The number of piperidine rings is 1. The van der Waals surface area contributed by atoms with Crippen LogP contribution in [0, 0.1) is 5.82 Å². The molecule has 8 nitrogen and oxygen atoms in total. The molecule has 1 amide bonds. The minimum atomic E-state index is -3.62. The van der Waals surface area contributed by atoms with Crippen molar-refractivity contribution in [3.63, 3.8) is 0 Å². The summed E-state index contributed by atoms with van der Waals surface area (Å²) in [4.78, 5) is 21.5. The molecule has 2 fully saturated rings. The number of nitrogens with zero attached hydrogens (tertiary/aromatic N) is 4. The second kappa shape index (κ2) is 9.54. The van der Waals surface area contributed by atoms with Gasteiger partial charge in [0.15, 0.2) is 9.84 Å². The number of rotatable bonds is 7. The topological polar surface area (TPSA) is 95.5 Å². The Balaban J connectivity index is 1.34. The predicted octanol–water partition coefficient (Wildman–Crippen LogP) is 3.28. The van der Waals surface area contributed by atoms with Gasteiger partial charge in [0, 0.05) is 48.8 Å². The van der Waals surface area contributed by atoms with E-state index in [1.165, 1.54) is 30.6 Å². The van der Waals surface area contributed by atoms with Gasteiger partial charge in [-0.3, -0.25) is 4.79 Å². The Morgan fingerprint density at radius 1 is 1.21 bits per heavy atom. The maximum Gasteiger partial charge on any atom is 0.245 e. The normalized spacial score (nSPS) is 20.2. The van der Waals surface area contributed by atoms with Crippen LogP contribution in [0.25, 0.3) is 0 Å². The van der Waals surface area contributed by atoms with Crippen LogP contribution in [-0.4, -0.2) is 66.1 Å². The Morgan fingerprint density at radius 2 is 1.94 bits per heavy atom. The van der Waals surface area contributed by atoms with Crippen LogP contribution in [0.5, 0.6) is 0 Å². The molecule has 1 aromatic heterocycles. The summed E-state index contributed by atoms with van der Waals surface area (Å²) < 4.78 is 42.7. The molecule has 0 bridgehead atoms. The highest BCUT2D eigenvalue weighted by Crippen LogP contribution is 2.29. The van der Waals surface area contributed by atoms with Crippen LogP contribution in [0.1, 0.15) is 51.8 Å². The van der Waals surface area contributed by atoms with E-state index in [0.717, 1.165) is 43.0 Å². The first-order valence-corrected chi connectivity index (χ1v) is 13.8. The molecule has 11 heteroatoms. The van der Waals surface area contributed by atoms with Gasteiger partial charge in [0.25, 0.3) is 0 Å². The smallest absolute Gasteiger partial charge is 0.245 e. The fraction of sp³-hybridized carbons (Fsp3) is 0.591. The molecule has 2 aromatic rings. The fourth-order valence-electron chi connectivity index (χ4n) is 4.36. The molecule has 0 aliphatic carbocycles. The van der Waals surface area contributed by atoms with E-state index in [9.17, 15) is 17.6 Å². The Hall–Kier alpha value is -2.27. The highest BCUT2D eigenvalue weighted by Gasteiger charge is 2.37. The molecular formula is C22H30FN5O3S2. The lowest BCUT2D eigenvalue weighted by atomic mass is 10.0. The van der Waals surface area contributed by atoms with Crippen molar-refractivity contribution in [1.29, 1.82) is 0 Å². The molecular weight excluding hydrogens is 465 g/mol. The third-order valence-corrected chi connectivity index (χ3v) is 8.90. The minimum absolute atomic E-state index is 0.0112. The molecule has 180 valence electrons. The summed E-state index contributed by atoms with van der Waals surface area (Å²) in [6, 6.07) is 3.68. The lowest BCUT2D eigenvalue weighted by Gasteiger charge is -2.36. The number of carbonyl (C=O) groups excluding carboxylic acids is 1. The zero-order valence-electron chi connectivity index (χ0n) is 19.1. The molecule has 0 spiro atoms. The molecule has 1 N–H and O–H groups in total. The zero-order chi connectivity index (χ0) is 23.8. The number of carbonyl (C=O) groups is 1. The van der Waals surface area contributed by atoms with Gasteiger partial charge in [-0.25, -0.2) is 17.8 Å². The van der Waals surface area contributed by atoms with Crippen molar-refractivity contribution >= 4 is 38.1 Å². The number of halogens is 1. The van der Waals surface area contributed by atoms with Gasteiger partial charge in [-0.2, -0.15) is 4.37 Å². The number of nitrogens with one attached hydrogen (secondary N) is 1. The molecule has 3 heterocycles. The van der Waals surface area contributed by atoms with Gasteiger partial charge in [-0.15, -0.1) is 0 Å². The van der Waals surface area contributed by atoms with Crippen LogP contribution in [0.2, 0.25) is 0 Å². The number of hydrogen-bond donors (Lipinski definition) is 1. The highest BCUT2D eigenvalue weighted by atomic mass is 32.2. The summed E-state index contributed by atoms with van der Waals surface area (Å²) >= 11 is 1.43. The standard InChI is InChI=1S/C22H30FN5O3S2/c1-4-33(30,31)19-6-5-15(13-17(19)23)24-18-9-12-28(21(18)29)16-7-10-27(11-8-16)22-25-20(14(2)3)26-32-22/h5-6,13-14,16,18,24H,4,7-12H2,1-3H3. The van der Waals surface area contributed by atoms with Gasteiger partial charge >= 0.3 is 0 Å². The third-order valence-electron chi connectivity index (χ3n) is 6.35. The monoisotopic (exact) mass is 495 g/mol. The van der Waals surface area contributed by atoms with E-state index in [-0.39, 0.29) is 22.6 Å². The first-order chi connectivity index (χ1) is 15.7. The molecule has 1 unspecified atom stereocenters. The van der Waals surface area contributed by atoms with Crippen molar-refractivity contribution in [2.75, 3.05) is 35.6 Å². The van der Waals surface area contributed by atoms with Crippen LogP contribution in [0.4, 0.5) is 15.2 Å². The van der Waals surface area contributed by atoms with E-state index in [2.05, 4.69) is 33.4 Å². The van der Waals surface area contributed by atoms with Gasteiger partial charge in [0.2, 0.25) is 11.0 Å². The van der Waals surface area contributed by atoms with Gasteiger partial charge < -0.3 is 15.1 Å². The van der Waals surface area contributed by atoms with Crippen LogP contribution >= 0.6 is 11.5 Å². The average molecular weight is 496 g/mol. The number of benzene rings is 1. The van der Waals surface area contributed by atoms with Crippen molar-refractivity contribution in [1.82, 2.24) is 14.3 Å². The average Bonchev–Trinajstić information content (AvgIpc) is 3.42. The van der Waals surface area contributed by atoms with Crippen molar-refractivity contribution in [2.24, 2.45) is 0 Å². The summed E-state index contributed by atoms with van der Waals surface area (Å²) in [5.41, 5.74) is 0.412. The summed E-state index contributed by atoms with van der Waals surface area (Å²) in [7, 11) is -3.62. The quantitative estimate of drug-likeness (QED) is 0.630. The third kappa shape index (κ3) is 4.98. The van der Waals surface area contributed by atoms with Gasteiger partial charge in [-0.1, -0.05) is 20.8 Å². The highest BCUT2D eigenvalue weighted by molar-refractivity contribution is 7.91. The van der Waals surface area contributed by atoms with Gasteiger partial charge in [-0.05, 0) is 37.5 Å². The molecule has 2 aliphatic rings. The first kappa shape index (κ1) is 23.9. The Labute approximate surface area is 198 Å². The van der Waals surface area contributed by atoms with Crippen LogP contribution in [-0.2, 0) is 14.6 Å². The number of likely N-dealkylation sites (tertiary alicyclic amines) is 1. The zero-order valence-corrected chi connectivity index (χ0v) is 20.8. The summed E-state index contributed by atoms with van der Waals surface area (Å²) in [6.45, 7) is 7.96. The van der Waals surface area contributed by atoms with Crippen LogP contribution in [0.15, 0.2) is 23.1 Å². The van der Waals surface area contributed by atoms with E-state index in [1.807, 2.05) is 4.90 Å². The molecule has 33 heavy (non-hydrogen) atoms. The lowest BCUT2D eigenvalue weighted by molar-refractivity contribution is -0.130. The number of amides is 1. The maximum absolute atomic E-state index is 14.4. The SMILES string of the molecule is CCS(=O)(=O)c1ccc(NC2CCN(C3CCN(c4nc(C(C)C)ns4)CC3)C2=O)cc1F. The second-order valence-electron chi connectivity index (χ2n) is 8.87. The summed E-state index contributed by atoms with van der Waals surface area (Å²) in [5, 5.41) is 4.04. The lowest BCUT2D eigenvalue weighted by Crippen LogP contribution is -2.47. The number of anilines is 2. The van der Waals surface area contributed by atoms with Crippen molar-refractivity contribution in [2.45, 2.75) is 62.9 Å². The molecule has 2 saturated heterocycles. The molecule has 0 radical (unpaired) electrons. The molecule has 2 aliphatic heterocycles. The van der Waals surface area contributed by atoms with Crippen molar-refractivity contribution in [3.05, 3.63) is 29.8 Å². The van der Waals surface area contributed by atoms with Gasteiger partial charge in [0.1, 0.15) is 22.6 Å². The van der Waals surface area contributed by atoms with E-state index in [1.54, 1.807) is 0 Å². The number of sulfone groups is 1. The van der Waals surface area contributed by atoms with E-state index in [4.69, 9.17) is 0 Å². The minimum Gasteiger partial charge on any atom is -0.374 e. The Kier molecular flexibility index (Phi) is 6.90. The van der Waals surface area contributed by atoms with Crippen LogP contribution < -0.4 is 10.2 Å².